The second-order valence-electron chi connectivity index (χ2n) is 12.9. The maximum atomic E-state index is 2.17. The van der Waals surface area contributed by atoms with Crippen molar-refractivity contribution in [3.8, 4) is 0 Å². The summed E-state index contributed by atoms with van der Waals surface area (Å²) in [6.45, 7) is 25.3. The summed E-state index contributed by atoms with van der Waals surface area (Å²) in [5.74, 6) is 0. The second-order valence-corrected chi connectivity index (χ2v) is 12.9. The van der Waals surface area contributed by atoms with Crippen molar-refractivity contribution in [1.82, 2.24) is 0 Å². The van der Waals surface area contributed by atoms with E-state index in [0.717, 1.165) is 0 Å². The zero-order chi connectivity index (χ0) is 35.9. The predicted molar refractivity (Wildman–Crippen MR) is 259 cm³/mol. The first-order valence-corrected chi connectivity index (χ1v) is 16.9. The van der Waals surface area contributed by atoms with E-state index in [0.29, 0.717) is 0 Å². The fourth-order valence-corrected chi connectivity index (χ4v) is 4.84. The normalized spacial score (nSPS) is 8.22. The van der Waals surface area contributed by atoms with E-state index in [1.54, 1.807) is 0 Å². The molecular formula is C48H66Cl6. The lowest BCUT2D eigenvalue weighted by Crippen LogP contribution is -1.71. The highest BCUT2D eigenvalue weighted by Gasteiger charge is 1.84. The van der Waals surface area contributed by atoms with Crippen LogP contribution in [0.15, 0.2) is 146 Å². The minimum atomic E-state index is 0. The van der Waals surface area contributed by atoms with Gasteiger partial charge in [-0.1, -0.05) is 212 Å². The number of hydrogen-bond donors (Lipinski definition) is 0. The fraction of sp³-hybridized carbons (Fsp3) is 0.250. The molecule has 6 aromatic rings. The lowest BCUT2D eigenvalue weighted by Gasteiger charge is -1.90. The van der Waals surface area contributed by atoms with Gasteiger partial charge in [0.05, 0.1) is 0 Å². The molecule has 6 heteroatoms. The minimum Gasteiger partial charge on any atom is -0.147 e. The summed E-state index contributed by atoms with van der Waals surface area (Å²) in [5, 5.41) is 0. The molecule has 0 aliphatic heterocycles. The zero-order valence-electron chi connectivity index (χ0n) is 34.3. The summed E-state index contributed by atoms with van der Waals surface area (Å²) in [6, 6.07) is 50.7. The Morgan fingerprint density at radius 2 is 0.241 bits per heavy atom. The third-order valence-corrected chi connectivity index (χ3v) is 7.04. The highest BCUT2D eigenvalue weighted by Crippen LogP contribution is 2.03. The fourth-order valence-electron chi connectivity index (χ4n) is 4.84. The molecule has 0 radical (unpaired) electrons. The molecule has 0 amide bonds. The van der Waals surface area contributed by atoms with Gasteiger partial charge >= 0.3 is 0 Å². The van der Waals surface area contributed by atoms with E-state index < -0.39 is 0 Å². The summed E-state index contributed by atoms with van der Waals surface area (Å²) >= 11 is 0. The van der Waals surface area contributed by atoms with Crippen LogP contribution in [-0.4, -0.2) is 0 Å². The van der Waals surface area contributed by atoms with Crippen molar-refractivity contribution in [2.75, 3.05) is 0 Å². The van der Waals surface area contributed by atoms with Gasteiger partial charge in [0.25, 0.3) is 0 Å². The van der Waals surface area contributed by atoms with E-state index in [2.05, 4.69) is 229 Å². The molecule has 300 valence electrons. The van der Waals surface area contributed by atoms with E-state index in [9.17, 15) is 0 Å². The van der Waals surface area contributed by atoms with Crippen LogP contribution in [-0.2, 0) is 0 Å². The van der Waals surface area contributed by atoms with Gasteiger partial charge in [-0.15, -0.1) is 74.4 Å². The van der Waals surface area contributed by atoms with Crippen molar-refractivity contribution in [3.05, 3.63) is 212 Å². The predicted octanol–water partition coefficient (Wildman–Crippen LogP) is 16.4. The van der Waals surface area contributed by atoms with Crippen molar-refractivity contribution < 1.29 is 0 Å². The molecule has 0 N–H and O–H groups in total. The Morgan fingerprint density at radius 1 is 0.167 bits per heavy atom. The highest BCUT2D eigenvalue weighted by atomic mass is 35.5. The number of hydrogen-bond acceptors (Lipinski definition) is 0. The molecule has 6 aromatic carbocycles. The van der Waals surface area contributed by atoms with E-state index in [1.165, 1.54) is 66.8 Å². The summed E-state index contributed by atoms with van der Waals surface area (Å²) in [7, 11) is 0. The average molecular weight is 856 g/mol. The van der Waals surface area contributed by atoms with Crippen LogP contribution >= 0.6 is 74.4 Å². The molecule has 0 aromatic heterocycles. The molecule has 0 nitrogen and oxygen atoms in total. The van der Waals surface area contributed by atoms with Crippen LogP contribution in [0.5, 0.6) is 0 Å². The van der Waals surface area contributed by atoms with Gasteiger partial charge < -0.3 is 0 Å². The molecular weight excluding hydrogens is 789 g/mol. The Kier molecular flexibility index (Phi) is 43.2. The quantitative estimate of drug-likeness (QED) is 0.143. The topological polar surface area (TPSA) is 0 Å². The molecule has 0 unspecified atom stereocenters. The summed E-state index contributed by atoms with van der Waals surface area (Å²) in [4.78, 5) is 0. The summed E-state index contributed by atoms with van der Waals surface area (Å²) < 4.78 is 0. The molecule has 0 bridgehead atoms. The Labute approximate surface area is 367 Å². The highest BCUT2D eigenvalue weighted by molar-refractivity contribution is 5.86. The van der Waals surface area contributed by atoms with Crippen molar-refractivity contribution in [3.63, 3.8) is 0 Å². The van der Waals surface area contributed by atoms with E-state index in [4.69, 9.17) is 0 Å². The molecule has 54 heavy (non-hydrogen) atoms. The molecule has 0 atom stereocenters. The molecule has 0 aliphatic carbocycles. The molecule has 0 heterocycles. The summed E-state index contributed by atoms with van der Waals surface area (Å²) in [6.07, 6.45) is 0. The maximum Gasteiger partial charge on any atom is -0.0398 e. The van der Waals surface area contributed by atoms with Gasteiger partial charge in [-0.25, -0.2) is 0 Å². The monoisotopic (exact) mass is 852 g/mol. The number of rotatable bonds is 0. The Hall–Kier alpha value is -2.94. The van der Waals surface area contributed by atoms with E-state index in [1.807, 2.05) is 0 Å². The first-order valence-electron chi connectivity index (χ1n) is 16.9. The molecule has 0 aliphatic rings. The van der Waals surface area contributed by atoms with E-state index in [-0.39, 0.29) is 74.4 Å². The van der Waals surface area contributed by atoms with Crippen LogP contribution in [0.3, 0.4) is 0 Å². The smallest absolute Gasteiger partial charge is 0.0398 e. The Bertz CT molecular complexity index is 1320. The Morgan fingerprint density at radius 3 is 0.278 bits per heavy atom. The zero-order valence-corrected chi connectivity index (χ0v) is 39.2. The molecule has 6 rings (SSSR count). The van der Waals surface area contributed by atoms with Gasteiger partial charge in [-0.05, 0) is 83.1 Å². The average Bonchev–Trinajstić information content (AvgIpc) is 2.98. The summed E-state index contributed by atoms with van der Waals surface area (Å²) in [5.41, 5.74) is 16.1. The standard InChI is InChI=1S/6C8H10.6ClH/c6*1-7-4-3-5-8(2)6-7;;;;;;/h6*3-6H,1-2H3;6*1H. The van der Waals surface area contributed by atoms with Crippen LogP contribution in [0.25, 0.3) is 0 Å². The number of benzene rings is 6. The van der Waals surface area contributed by atoms with Gasteiger partial charge in [0.2, 0.25) is 0 Å². The van der Waals surface area contributed by atoms with Gasteiger partial charge in [0.1, 0.15) is 0 Å². The van der Waals surface area contributed by atoms with Crippen LogP contribution in [0.2, 0.25) is 0 Å². The molecule has 0 saturated carbocycles. The lowest BCUT2D eigenvalue weighted by molar-refractivity contribution is 1.39. The van der Waals surface area contributed by atoms with Crippen LogP contribution < -0.4 is 0 Å². The first-order chi connectivity index (χ1) is 22.7. The van der Waals surface area contributed by atoms with Crippen LogP contribution in [0.1, 0.15) is 66.8 Å². The third-order valence-electron chi connectivity index (χ3n) is 7.04. The van der Waals surface area contributed by atoms with E-state index >= 15 is 0 Å². The molecule has 0 saturated heterocycles. The van der Waals surface area contributed by atoms with Crippen molar-refractivity contribution in [1.29, 1.82) is 0 Å². The number of halogens is 6. The maximum absolute atomic E-state index is 2.17. The van der Waals surface area contributed by atoms with Crippen LogP contribution in [0.4, 0.5) is 0 Å². The first kappa shape index (κ1) is 63.0. The van der Waals surface area contributed by atoms with Gasteiger partial charge in [0.15, 0.2) is 0 Å². The van der Waals surface area contributed by atoms with Crippen molar-refractivity contribution in [2.45, 2.75) is 83.1 Å². The van der Waals surface area contributed by atoms with Crippen molar-refractivity contribution >= 4 is 74.4 Å². The van der Waals surface area contributed by atoms with Gasteiger partial charge in [0, 0.05) is 0 Å². The Balaban J connectivity index is -0.000000125. The largest absolute Gasteiger partial charge is 0.147 e. The van der Waals surface area contributed by atoms with Crippen molar-refractivity contribution in [2.24, 2.45) is 0 Å². The SMILES string of the molecule is Cc1cccc(C)c1.Cc1cccc(C)c1.Cc1cccc(C)c1.Cc1cccc(C)c1.Cc1cccc(C)c1.Cc1cccc(C)c1.Cl.Cl.Cl.Cl.Cl.Cl. The molecule has 0 fully saturated rings. The van der Waals surface area contributed by atoms with Gasteiger partial charge in [-0.3, -0.25) is 0 Å². The number of aryl methyl sites for hydroxylation is 12. The minimum absolute atomic E-state index is 0. The second kappa shape index (κ2) is 37.0. The van der Waals surface area contributed by atoms with Gasteiger partial charge in [-0.2, -0.15) is 0 Å². The lowest BCUT2D eigenvalue weighted by atomic mass is 10.2. The van der Waals surface area contributed by atoms with Crippen LogP contribution in [0, 0.1) is 83.1 Å². The third kappa shape index (κ3) is 34.8. The molecule has 0 spiro atoms.